The molecule has 4 rings (SSSR count). The smallest absolute Gasteiger partial charge is 0.333 e. The number of carbonyl (C=O) groups is 1. The molecule has 3 heterocycles. The van der Waals surface area contributed by atoms with Crippen molar-refractivity contribution in [1.82, 2.24) is 18.7 Å². The fraction of sp³-hybridized carbons (Fsp3) is 0.455. The molecule has 10 heteroatoms. The third kappa shape index (κ3) is 3.45. The standard InChI is InChI=1S/C22H27N5O5/c1-6-32-17(28)12-27-20(29)18-19(24(4)22(27)30)23-21-25(10-14(3)11-26(18)21)15-9-13(2)7-8-16(15)31-5/h7-9,14H,6,10-12H2,1-5H3/t14-/m1/s1. The molecule has 170 valence electrons. The highest BCUT2D eigenvalue weighted by molar-refractivity contribution is 5.79. The van der Waals surface area contributed by atoms with Crippen LogP contribution in [0.4, 0.5) is 11.6 Å². The lowest BCUT2D eigenvalue weighted by Crippen LogP contribution is -2.42. The number of nitrogens with zero attached hydrogens (tertiary/aromatic N) is 5. The molecule has 0 unspecified atom stereocenters. The van der Waals surface area contributed by atoms with Crippen LogP contribution in [0, 0.1) is 12.8 Å². The molecule has 0 spiro atoms. The fourth-order valence-corrected chi connectivity index (χ4v) is 4.19. The van der Waals surface area contributed by atoms with E-state index in [4.69, 9.17) is 14.5 Å². The quantitative estimate of drug-likeness (QED) is 0.554. The number of hydrogen-bond acceptors (Lipinski definition) is 7. The number of aromatic nitrogens is 4. The summed E-state index contributed by atoms with van der Waals surface area (Å²) < 4.78 is 14.6. The second kappa shape index (κ2) is 8.18. The Morgan fingerprint density at radius 1 is 1.25 bits per heavy atom. The number of esters is 1. The molecule has 10 nitrogen and oxygen atoms in total. The van der Waals surface area contributed by atoms with E-state index in [1.54, 1.807) is 21.1 Å². The van der Waals surface area contributed by atoms with E-state index in [2.05, 4.69) is 6.92 Å². The van der Waals surface area contributed by atoms with E-state index < -0.39 is 23.8 Å². The summed E-state index contributed by atoms with van der Waals surface area (Å²) in [6.45, 7) is 6.71. The third-order valence-electron chi connectivity index (χ3n) is 5.66. The first-order valence-electron chi connectivity index (χ1n) is 10.5. The molecule has 1 atom stereocenters. The Labute approximate surface area is 184 Å². The van der Waals surface area contributed by atoms with Crippen LogP contribution in [-0.2, 0) is 29.7 Å². The van der Waals surface area contributed by atoms with Gasteiger partial charge in [-0.3, -0.25) is 14.2 Å². The number of carbonyl (C=O) groups excluding carboxylic acids is 1. The monoisotopic (exact) mass is 441 g/mol. The normalized spacial score (nSPS) is 15.7. The minimum Gasteiger partial charge on any atom is -0.495 e. The van der Waals surface area contributed by atoms with Crippen LogP contribution in [0.15, 0.2) is 27.8 Å². The van der Waals surface area contributed by atoms with Crippen molar-refractivity contribution in [3.8, 4) is 5.75 Å². The number of fused-ring (bicyclic) bond motifs is 3. The number of hydrogen-bond donors (Lipinski definition) is 0. The lowest BCUT2D eigenvalue weighted by molar-refractivity contribution is -0.143. The van der Waals surface area contributed by atoms with Crippen LogP contribution in [-0.4, -0.2) is 44.9 Å². The largest absolute Gasteiger partial charge is 0.495 e. The summed E-state index contributed by atoms with van der Waals surface area (Å²) in [6.07, 6.45) is 0. The van der Waals surface area contributed by atoms with Crippen LogP contribution in [0.3, 0.4) is 0 Å². The first-order chi connectivity index (χ1) is 15.3. The highest BCUT2D eigenvalue weighted by atomic mass is 16.5. The second-order valence-corrected chi connectivity index (χ2v) is 8.12. The third-order valence-corrected chi connectivity index (χ3v) is 5.66. The van der Waals surface area contributed by atoms with Gasteiger partial charge in [-0.05, 0) is 37.5 Å². The molecule has 0 saturated carbocycles. The number of aryl methyl sites for hydroxylation is 2. The summed E-state index contributed by atoms with van der Waals surface area (Å²) in [5.74, 6) is 0.809. The molecular weight excluding hydrogens is 414 g/mol. The van der Waals surface area contributed by atoms with Crippen molar-refractivity contribution in [2.45, 2.75) is 33.9 Å². The van der Waals surface area contributed by atoms with Crippen molar-refractivity contribution in [3.63, 3.8) is 0 Å². The lowest BCUT2D eigenvalue weighted by Gasteiger charge is -2.33. The maximum Gasteiger partial charge on any atom is 0.333 e. The molecule has 0 radical (unpaired) electrons. The zero-order chi connectivity index (χ0) is 23.2. The van der Waals surface area contributed by atoms with Crippen LogP contribution in [0.2, 0.25) is 0 Å². The Balaban J connectivity index is 1.96. The number of imidazole rings is 1. The molecule has 0 saturated heterocycles. The SMILES string of the molecule is CCOC(=O)Cn1c(=O)c2c(nc3n2C[C@H](C)CN3c2cc(C)ccc2OC)n(C)c1=O. The molecule has 0 fully saturated rings. The van der Waals surface area contributed by atoms with Crippen molar-refractivity contribution in [2.75, 3.05) is 25.2 Å². The number of ether oxygens (including phenoxy) is 2. The summed E-state index contributed by atoms with van der Waals surface area (Å²) >= 11 is 0. The van der Waals surface area contributed by atoms with Gasteiger partial charge in [0.25, 0.3) is 5.56 Å². The molecule has 32 heavy (non-hydrogen) atoms. The average molecular weight is 441 g/mol. The first kappa shape index (κ1) is 21.7. The van der Waals surface area contributed by atoms with Gasteiger partial charge in [0.1, 0.15) is 12.3 Å². The summed E-state index contributed by atoms with van der Waals surface area (Å²) in [6, 6.07) is 5.88. The summed E-state index contributed by atoms with van der Waals surface area (Å²) in [5.41, 5.74) is 1.30. The molecule has 1 aliphatic heterocycles. The molecule has 1 aromatic carbocycles. The van der Waals surface area contributed by atoms with E-state index in [1.165, 1.54) is 4.57 Å². The predicted molar refractivity (Wildman–Crippen MR) is 120 cm³/mol. The van der Waals surface area contributed by atoms with Crippen molar-refractivity contribution in [3.05, 3.63) is 44.6 Å². The van der Waals surface area contributed by atoms with Gasteiger partial charge in [0.15, 0.2) is 11.2 Å². The number of anilines is 2. The van der Waals surface area contributed by atoms with Gasteiger partial charge >= 0.3 is 11.7 Å². The molecule has 0 bridgehead atoms. The summed E-state index contributed by atoms with van der Waals surface area (Å²) in [7, 11) is 3.16. The molecule has 3 aromatic rings. The number of rotatable bonds is 5. The Morgan fingerprint density at radius 3 is 2.69 bits per heavy atom. The van der Waals surface area contributed by atoms with Gasteiger partial charge in [-0.15, -0.1) is 0 Å². The van der Waals surface area contributed by atoms with Crippen LogP contribution < -0.4 is 20.9 Å². The second-order valence-electron chi connectivity index (χ2n) is 8.12. The van der Waals surface area contributed by atoms with Gasteiger partial charge < -0.3 is 18.9 Å². The van der Waals surface area contributed by atoms with E-state index in [9.17, 15) is 14.4 Å². The Bertz CT molecular complexity index is 1320. The Morgan fingerprint density at radius 2 is 2.00 bits per heavy atom. The number of benzene rings is 1. The van der Waals surface area contributed by atoms with Gasteiger partial charge in [-0.2, -0.15) is 4.98 Å². The van der Waals surface area contributed by atoms with Gasteiger partial charge in [-0.25, -0.2) is 9.36 Å². The minimum absolute atomic E-state index is 0.170. The number of methoxy groups -OCH3 is 1. The topological polar surface area (TPSA) is 101 Å². The van der Waals surface area contributed by atoms with E-state index in [-0.39, 0.29) is 23.7 Å². The van der Waals surface area contributed by atoms with Crippen molar-refractivity contribution in [1.29, 1.82) is 0 Å². The first-order valence-corrected chi connectivity index (χ1v) is 10.5. The maximum atomic E-state index is 13.3. The zero-order valence-corrected chi connectivity index (χ0v) is 18.9. The molecular formula is C22H27N5O5. The maximum absolute atomic E-state index is 13.3. The van der Waals surface area contributed by atoms with Gasteiger partial charge in [0.05, 0.1) is 19.4 Å². The lowest BCUT2D eigenvalue weighted by atomic mass is 10.1. The van der Waals surface area contributed by atoms with Gasteiger partial charge in [0.2, 0.25) is 5.95 Å². The zero-order valence-electron chi connectivity index (χ0n) is 18.9. The van der Waals surface area contributed by atoms with E-state index in [0.717, 1.165) is 15.8 Å². The fourth-order valence-electron chi connectivity index (χ4n) is 4.19. The molecule has 0 amide bonds. The molecule has 0 aliphatic carbocycles. The van der Waals surface area contributed by atoms with Crippen molar-refractivity contribution < 1.29 is 14.3 Å². The minimum atomic E-state index is -0.635. The summed E-state index contributed by atoms with van der Waals surface area (Å²) in [5, 5.41) is 0. The van der Waals surface area contributed by atoms with Crippen LogP contribution in [0.1, 0.15) is 19.4 Å². The Kier molecular flexibility index (Phi) is 5.53. The van der Waals surface area contributed by atoms with Gasteiger partial charge in [0, 0.05) is 20.1 Å². The van der Waals surface area contributed by atoms with Crippen LogP contribution >= 0.6 is 0 Å². The van der Waals surface area contributed by atoms with Crippen molar-refractivity contribution >= 4 is 28.8 Å². The Hall–Kier alpha value is -3.56. The highest BCUT2D eigenvalue weighted by Gasteiger charge is 2.31. The molecule has 1 aliphatic rings. The average Bonchev–Trinajstić information content (AvgIpc) is 3.14. The highest BCUT2D eigenvalue weighted by Crippen LogP contribution is 2.38. The van der Waals surface area contributed by atoms with E-state index in [1.807, 2.05) is 34.6 Å². The van der Waals surface area contributed by atoms with E-state index in [0.29, 0.717) is 24.8 Å². The molecule has 2 aromatic heterocycles. The van der Waals surface area contributed by atoms with E-state index >= 15 is 0 Å². The van der Waals surface area contributed by atoms with Crippen LogP contribution in [0.5, 0.6) is 5.75 Å². The predicted octanol–water partition coefficient (Wildman–Crippen LogP) is 1.56. The van der Waals surface area contributed by atoms with Crippen LogP contribution in [0.25, 0.3) is 11.2 Å². The molecule has 0 N–H and O–H groups in total. The van der Waals surface area contributed by atoms with Gasteiger partial charge in [-0.1, -0.05) is 13.0 Å². The summed E-state index contributed by atoms with van der Waals surface area (Å²) in [4.78, 5) is 44.9. The van der Waals surface area contributed by atoms with Crippen molar-refractivity contribution in [2.24, 2.45) is 13.0 Å².